The number of hydrogen-bond acceptors (Lipinski definition) is 3. The molecule has 1 saturated carbocycles. The first-order valence-electron chi connectivity index (χ1n) is 8.91. The highest BCUT2D eigenvalue weighted by molar-refractivity contribution is 5.95. The van der Waals surface area contributed by atoms with Crippen LogP contribution in [0.1, 0.15) is 57.3 Å². The third kappa shape index (κ3) is 2.97. The van der Waals surface area contributed by atoms with E-state index < -0.39 is 11.3 Å². The first-order chi connectivity index (χ1) is 11.6. The summed E-state index contributed by atoms with van der Waals surface area (Å²) in [5.41, 5.74) is -0.272. The Hall–Kier alpha value is -2.15. The fourth-order valence-electron chi connectivity index (χ4n) is 5.16. The molecule has 1 heterocycles. The van der Waals surface area contributed by atoms with E-state index in [9.17, 15) is 14.9 Å². The van der Waals surface area contributed by atoms with Gasteiger partial charge >= 0.3 is 0 Å². The maximum absolute atomic E-state index is 13.1. The second kappa shape index (κ2) is 5.69. The van der Waals surface area contributed by atoms with Gasteiger partial charge in [-0.3, -0.25) is 9.59 Å². The Balaban J connectivity index is 1.93. The number of hydrogen-bond donors (Lipinski definition) is 0. The SMILES string of the molecule is CC1(C)CC2(CC(C#N)C1=O)CN(C(=O)c1ccccc1)C(C)(C)C2. The van der Waals surface area contributed by atoms with Crippen LogP contribution in [0.2, 0.25) is 0 Å². The van der Waals surface area contributed by atoms with Crippen LogP contribution in [-0.4, -0.2) is 28.7 Å². The van der Waals surface area contributed by atoms with Gasteiger partial charge in [0.2, 0.25) is 0 Å². The van der Waals surface area contributed by atoms with Gasteiger partial charge in [-0.05, 0) is 50.7 Å². The molecule has 0 radical (unpaired) electrons. The summed E-state index contributed by atoms with van der Waals surface area (Å²) in [6.07, 6.45) is 2.13. The zero-order chi connectivity index (χ0) is 18.5. The minimum atomic E-state index is -0.564. The Morgan fingerprint density at radius 2 is 1.80 bits per heavy atom. The van der Waals surface area contributed by atoms with Crippen molar-refractivity contribution < 1.29 is 9.59 Å². The molecule has 2 aliphatic rings. The van der Waals surface area contributed by atoms with Crippen molar-refractivity contribution in [1.29, 1.82) is 5.26 Å². The maximum atomic E-state index is 13.1. The lowest BCUT2D eigenvalue weighted by molar-refractivity contribution is -0.136. The fourth-order valence-corrected chi connectivity index (χ4v) is 5.16. The number of Topliss-reactive ketones (excluding diaryl/α,β-unsaturated/α-hetero) is 1. The van der Waals surface area contributed by atoms with Crippen LogP contribution in [0.5, 0.6) is 0 Å². The van der Waals surface area contributed by atoms with Crippen LogP contribution < -0.4 is 0 Å². The molecule has 2 fully saturated rings. The molecule has 1 saturated heterocycles. The maximum Gasteiger partial charge on any atom is 0.254 e. The Morgan fingerprint density at radius 1 is 1.16 bits per heavy atom. The monoisotopic (exact) mass is 338 g/mol. The number of nitriles is 1. The van der Waals surface area contributed by atoms with E-state index in [1.165, 1.54) is 0 Å². The molecule has 1 amide bonds. The van der Waals surface area contributed by atoms with E-state index in [1.807, 2.05) is 49.1 Å². The molecule has 4 nitrogen and oxygen atoms in total. The average molecular weight is 338 g/mol. The minimum Gasteiger partial charge on any atom is -0.333 e. The summed E-state index contributed by atoms with van der Waals surface area (Å²) in [4.78, 5) is 27.5. The van der Waals surface area contributed by atoms with Crippen molar-refractivity contribution >= 4 is 11.7 Å². The highest BCUT2D eigenvalue weighted by atomic mass is 16.2. The molecule has 2 unspecified atom stereocenters. The second-order valence-electron chi connectivity index (χ2n) is 9.06. The Kier molecular flexibility index (Phi) is 4.02. The van der Waals surface area contributed by atoms with E-state index in [4.69, 9.17) is 0 Å². The molecular formula is C21H26N2O2. The van der Waals surface area contributed by atoms with Gasteiger partial charge in [0.1, 0.15) is 5.92 Å². The van der Waals surface area contributed by atoms with Crippen LogP contribution in [0, 0.1) is 28.1 Å². The zero-order valence-corrected chi connectivity index (χ0v) is 15.5. The lowest BCUT2D eigenvalue weighted by Crippen LogP contribution is -2.46. The molecule has 1 aliphatic heterocycles. The average Bonchev–Trinajstić information content (AvgIpc) is 2.81. The summed E-state index contributed by atoms with van der Waals surface area (Å²) in [6, 6.07) is 11.6. The molecule has 1 aliphatic carbocycles. The predicted octanol–water partition coefficient (Wildman–Crippen LogP) is 3.83. The molecule has 2 atom stereocenters. The molecule has 0 aromatic heterocycles. The number of benzene rings is 1. The number of rotatable bonds is 1. The van der Waals surface area contributed by atoms with Gasteiger partial charge in [0.05, 0.1) is 6.07 Å². The van der Waals surface area contributed by atoms with E-state index in [1.54, 1.807) is 0 Å². The molecule has 1 aromatic carbocycles. The topological polar surface area (TPSA) is 61.2 Å². The van der Waals surface area contributed by atoms with Gasteiger partial charge in [0.15, 0.2) is 5.78 Å². The first-order valence-corrected chi connectivity index (χ1v) is 8.91. The summed E-state index contributed by atoms with van der Waals surface area (Å²) in [5.74, 6) is -0.483. The van der Waals surface area contributed by atoms with Gasteiger partial charge in [-0.25, -0.2) is 0 Å². The highest BCUT2D eigenvalue weighted by Gasteiger charge is 2.57. The third-order valence-corrected chi connectivity index (χ3v) is 5.89. The van der Waals surface area contributed by atoms with Crippen molar-refractivity contribution in [2.45, 2.75) is 52.5 Å². The molecule has 4 heteroatoms. The smallest absolute Gasteiger partial charge is 0.254 e. The number of ketones is 1. The van der Waals surface area contributed by atoms with E-state index >= 15 is 0 Å². The number of carbonyl (C=O) groups is 2. The Bertz CT molecular complexity index is 745. The van der Waals surface area contributed by atoms with Gasteiger partial charge in [0, 0.05) is 23.1 Å². The molecule has 0 bridgehead atoms. The molecule has 132 valence electrons. The predicted molar refractivity (Wildman–Crippen MR) is 95.7 cm³/mol. The van der Waals surface area contributed by atoms with Crippen molar-refractivity contribution in [3.05, 3.63) is 35.9 Å². The van der Waals surface area contributed by atoms with Crippen LogP contribution in [0.3, 0.4) is 0 Å². The van der Waals surface area contributed by atoms with Crippen molar-refractivity contribution in [3.8, 4) is 6.07 Å². The summed E-state index contributed by atoms with van der Waals surface area (Å²) < 4.78 is 0. The first kappa shape index (κ1) is 17.7. The molecule has 25 heavy (non-hydrogen) atoms. The lowest BCUT2D eigenvalue weighted by atomic mass is 9.58. The molecular weight excluding hydrogens is 312 g/mol. The minimum absolute atomic E-state index is 0.0330. The molecule has 1 spiro atoms. The van der Waals surface area contributed by atoms with Crippen molar-refractivity contribution in [2.24, 2.45) is 16.7 Å². The highest BCUT2D eigenvalue weighted by Crippen LogP contribution is 2.55. The Morgan fingerprint density at radius 3 is 2.40 bits per heavy atom. The van der Waals surface area contributed by atoms with Crippen molar-refractivity contribution in [2.75, 3.05) is 6.54 Å². The standard InChI is InChI=1S/C21H26N2O2/c1-19(2)12-21(10-16(11-22)17(19)24)13-20(3,4)23(14-21)18(25)15-8-6-5-7-9-15/h5-9,16H,10,12-14H2,1-4H3. The lowest BCUT2D eigenvalue weighted by Gasteiger charge is -2.43. The quantitative estimate of drug-likeness (QED) is 0.782. The van der Waals surface area contributed by atoms with Crippen LogP contribution >= 0.6 is 0 Å². The number of carbonyl (C=O) groups excluding carboxylic acids is 2. The summed E-state index contributed by atoms with van der Waals surface area (Å²) in [6.45, 7) is 8.67. The second-order valence-corrected chi connectivity index (χ2v) is 9.06. The Labute approximate surface area is 149 Å². The summed E-state index contributed by atoms with van der Waals surface area (Å²) >= 11 is 0. The fraction of sp³-hybridized carbons (Fsp3) is 0.571. The van der Waals surface area contributed by atoms with Gasteiger partial charge in [-0.2, -0.15) is 5.26 Å². The zero-order valence-electron chi connectivity index (χ0n) is 15.5. The number of amides is 1. The normalized spacial score (nSPS) is 30.3. The van der Waals surface area contributed by atoms with E-state index in [0.29, 0.717) is 18.5 Å². The molecule has 3 rings (SSSR count). The molecule has 0 N–H and O–H groups in total. The van der Waals surface area contributed by atoms with Crippen molar-refractivity contribution in [1.82, 2.24) is 4.90 Å². The van der Waals surface area contributed by atoms with Gasteiger partial charge in [-0.1, -0.05) is 32.0 Å². The van der Waals surface area contributed by atoms with Crippen LogP contribution in [0.25, 0.3) is 0 Å². The van der Waals surface area contributed by atoms with Gasteiger partial charge in [-0.15, -0.1) is 0 Å². The van der Waals surface area contributed by atoms with Crippen LogP contribution in [-0.2, 0) is 4.79 Å². The number of nitrogens with zero attached hydrogens (tertiary/aromatic N) is 2. The van der Waals surface area contributed by atoms with E-state index in [0.717, 1.165) is 12.8 Å². The molecule has 1 aromatic rings. The largest absolute Gasteiger partial charge is 0.333 e. The van der Waals surface area contributed by atoms with Crippen molar-refractivity contribution in [3.63, 3.8) is 0 Å². The van der Waals surface area contributed by atoms with Gasteiger partial charge < -0.3 is 4.90 Å². The van der Waals surface area contributed by atoms with E-state index in [2.05, 4.69) is 19.9 Å². The van der Waals surface area contributed by atoms with Gasteiger partial charge in [0.25, 0.3) is 5.91 Å². The van der Waals surface area contributed by atoms with Crippen LogP contribution in [0.4, 0.5) is 0 Å². The third-order valence-electron chi connectivity index (χ3n) is 5.89. The van der Waals surface area contributed by atoms with E-state index in [-0.39, 0.29) is 22.6 Å². The number of likely N-dealkylation sites (tertiary alicyclic amines) is 1. The summed E-state index contributed by atoms with van der Waals surface area (Å²) in [7, 11) is 0. The van der Waals surface area contributed by atoms with Crippen LogP contribution in [0.15, 0.2) is 30.3 Å². The summed E-state index contributed by atoms with van der Waals surface area (Å²) in [5, 5.41) is 9.47.